The predicted octanol–water partition coefficient (Wildman–Crippen LogP) is 3.02. The van der Waals surface area contributed by atoms with E-state index in [4.69, 9.17) is 16.3 Å². The first-order valence-electron chi connectivity index (χ1n) is 9.24. The number of rotatable bonds is 10. The van der Waals surface area contributed by atoms with Crippen LogP contribution >= 0.6 is 11.6 Å². The number of nitrogens with one attached hydrogen (secondary N) is 2. The standard InChI is InChI=1S/C21H28ClN3O2/c1-2-23-21(24-13-12-18-10-6-7-11-20(18)22)25-14-19(26)16-27-15-17-8-4-3-5-9-17/h3-11,19,26H,2,12-16H2,1H3,(H2,23,24,25). The Kier molecular flexibility index (Phi) is 9.69. The van der Waals surface area contributed by atoms with Crippen LogP contribution in [0, 0.1) is 0 Å². The molecular formula is C21H28ClN3O2. The van der Waals surface area contributed by atoms with Crippen molar-refractivity contribution < 1.29 is 9.84 Å². The second-order valence-corrected chi connectivity index (χ2v) is 6.55. The van der Waals surface area contributed by atoms with Crippen molar-refractivity contribution in [3.8, 4) is 0 Å². The maximum Gasteiger partial charge on any atom is 0.191 e. The molecule has 1 atom stereocenters. The smallest absolute Gasteiger partial charge is 0.191 e. The molecule has 0 aliphatic carbocycles. The van der Waals surface area contributed by atoms with E-state index in [9.17, 15) is 5.11 Å². The maximum atomic E-state index is 10.1. The van der Waals surface area contributed by atoms with Gasteiger partial charge in [-0.15, -0.1) is 0 Å². The van der Waals surface area contributed by atoms with Crippen molar-refractivity contribution in [3.63, 3.8) is 0 Å². The van der Waals surface area contributed by atoms with Gasteiger partial charge >= 0.3 is 0 Å². The molecule has 27 heavy (non-hydrogen) atoms. The molecule has 0 saturated carbocycles. The van der Waals surface area contributed by atoms with Crippen LogP contribution in [-0.4, -0.2) is 43.4 Å². The quantitative estimate of drug-likeness (QED) is 0.431. The van der Waals surface area contributed by atoms with Gasteiger partial charge in [-0.3, -0.25) is 4.99 Å². The molecule has 0 bridgehead atoms. The molecule has 0 heterocycles. The summed E-state index contributed by atoms with van der Waals surface area (Å²) >= 11 is 6.18. The topological polar surface area (TPSA) is 65.9 Å². The van der Waals surface area contributed by atoms with Gasteiger partial charge in [-0.2, -0.15) is 0 Å². The van der Waals surface area contributed by atoms with Crippen LogP contribution in [-0.2, 0) is 17.8 Å². The van der Waals surface area contributed by atoms with Crippen LogP contribution in [0.4, 0.5) is 0 Å². The van der Waals surface area contributed by atoms with Crippen molar-refractivity contribution in [2.45, 2.75) is 26.1 Å². The van der Waals surface area contributed by atoms with E-state index in [0.29, 0.717) is 19.1 Å². The average molecular weight is 390 g/mol. The van der Waals surface area contributed by atoms with Crippen molar-refractivity contribution >= 4 is 17.6 Å². The molecule has 0 radical (unpaired) electrons. The Morgan fingerprint density at radius 2 is 1.85 bits per heavy atom. The second-order valence-electron chi connectivity index (χ2n) is 6.14. The lowest BCUT2D eigenvalue weighted by Crippen LogP contribution is -2.39. The molecule has 0 aliphatic rings. The van der Waals surface area contributed by atoms with Gasteiger partial charge in [0.25, 0.3) is 0 Å². The molecule has 5 nitrogen and oxygen atoms in total. The van der Waals surface area contributed by atoms with Gasteiger partial charge in [-0.25, -0.2) is 0 Å². The van der Waals surface area contributed by atoms with Crippen LogP contribution in [0.5, 0.6) is 0 Å². The highest BCUT2D eigenvalue weighted by atomic mass is 35.5. The molecule has 0 aromatic heterocycles. The minimum Gasteiger partial charge on any atom is -0.389 e. The number of guanidine groups is 1. The van der Waals surface area contributed by atoms with Gasteiger partial charge in [0, 0.05) is 18.1 Å². The van der Waals surface area contributed by atoms with Gasteiger partial charge in [0.15, 0.2) is 5.96 Å². The minimum atomic E-state index is -0.646. The number of nitrogens with zero attached hydrogens (tertiary/aromatic N) is 1. The highest BCUT2D eigenvalue weighted by Gasteiger charge is 2.06. The summed E-state index contributed by atoms with van der Waals surface area (Å²) in [6, 6.07) is 17.7. The Labute approximate surface area is 166 Å². The first-order chi connectivity index (χ1) is 13.2. The number of aliphatic hydroxyl groups is 1. The van der Waals surface area contributed by atoms with E-state index >= 15 is 0 Å². The molecule has 2 aromatic rings. The third-order valence-corrected chi connectivity index (χ3v) is 4.24. The fourth-order valence-electron chi connectivity index (χ4n) is 2.49. The third-order valence-electron chi connectivity index (χ3n) is 3.87. The van der Waals surface area contributed by atoms with E-state index in [2.05, 4.69) is 15.6 Å². The van der Waals surface area contributed by atoms with E-state index in [1.165, 1.54) is 0 Å². The summed E-state index contributed by atoms with van der Waals surface area (Å²) in [5.41, 5.74) is 2.18. The van der Waals surface area contributed by atoms with E-state index in [1.807, 2.05) is 61.5 Å². The van der Waals surface area contributed by atoms with Gasteiger partial charge in [0.05, 0.1) is 25.9 Å². The molecule has 0 aliphatic heterocycles. The molecule has 6 heteroatoms. The summed E-state index contributed by atoms with van der Waals surface area (Å²) in [6.45, 7) is 4.46. The molecule has 0 saturated heterocycles. The zero-order valence-corrected chi connectivity index (χ0v) is 16.5. The van der Waals surface area contributed by atoms with Crippen LogP contribution < -0.4 is 10.6 Å². The summed E-state index contributed by atoms with van der Waals surface area (Å²) in [5.74, 6) is 0.673. The van der Waals surface area contributed by atoms with Crippen LogP contribution in [0.3, 0.4) is 0 Å². The van der Waals surface area contributed by atoms with Gasteiger partial charge in [-0.1, -0.05) is 60.1 Å². The van der Waals surface area contributed by atoms with Gasteiger partial charge < -0.3 is 20.5 Å². The fourth-order valence-corrected chi connectivity index (χ4v) is 2.73. The SMILES string of the molecule is CCNC(=NCC(O)COCc1ccccc1)NCCc1ccccc1Cl. The van der Waals surface area contributed by atoms with Gasteiger partial charge in [0.1, 0.15) is 0 Å². The van der Waals surface area contributed by atoms with Crippen molar-refractivity contribution in [3.05, 3.63) is 70.7 Å². The van der Waals surface area contributed by atoms with Crippen LogP contribution in [0.25, 0.3) is 0 Å². The van der Waals surface area contributed by atoms with Crippen molar-refractivity contribution in [1.29, 1.82) is 0 Å². The highest BCUT2D eigenvalue weighted by Crippen LogP contribution is 2.14. The number of ether oxygens (including phenoxy) is 1. The molecule has 2 aromatic carbocycles. The molecule has 2 rings (SSSR count). The Hall–Kier alpha value is -2.08. The average Bonchev–Trinajstić information content (AvgIpc) is 2.68. The number of hydrogen-bond acceptors (Lipinski definition) is 3. The Morgan fingerprint density at radius 1 is 1.11 bits per heavy atom. The lowest BCUT2D eigenvalue weighted by atomic mass is 10.1. The number of benzene rings is 2. The second kappa shape index (κ2) is 12.3. The van der Waals surface area contributed by atoms with Gasteiger partial charge in [0.2, 0.25) is 0 Å². The van der Waals surface area contributed by atoms with E-state index in [-0.39, 0.29) is 13.2 Å². The summed E-state index contributed by atoms with van der Waals surface area (Å²) < 4.78 is 5.55. The minimum absolute atomic E-state index is 0.247. The molecule has 1 unspecified atom stereocenters. The summed E-state index contributed by atoms with van der Waals surface area (Å²) in [4.78, 5) is 4.42. The fraction of sp³-hybridized carbons (Fsp3) is 0.381. The third kappa shape index (κ3) is 8.43. The van der Waals surface area contributed by atoms with Crippen LogP contribution in [0.1, 0.15) is 18.1 Å². The monoisotopic (exact) mass is 389 g/mol. The number of aliphatic imine (C=N–C) groups is 1. The Morgan fingerprint density at radius 3 is 2.59 bits per heavy atom. The predicted molar refractivity (Wildman–Crippen MR) is 111 cm³/mol. The van der Waals surface area contributed by atoms with E-state index < -0.39 is 6.10 Å². The Bertz CT molecular complexity index is 695. The number of halogens is 1. The maximum absolute atomic E-state index is 10.1. The van der Waals surface area contributed by atoms with E-state index in [0.717, 1.165) is 29.1 Å². The van der Waals surface area contributed by atoms with Crippen LogP contribution in [0.2, 0.25) is 5.02 Å². The summed E-state index contributed by atoms with van der Waals surface area (Å²) in [7, 11) is 0. The molecule has 3 N–H and O–H groups in total. The molecule has 0 fully saturated rings. The lowest BCUT2D eigenvalue weighted by Gasteiger charge is -2.14. The zero-order chi connectivity index (χ0) is 19.3. The number of hydrogen-bond donors (Lipinski definition) is 3. The zero-order valence-electron chi connectivity index (χ0n) is 15.7. The molecule has 0 amide bonds. The van der Waals surface area contributed by atoms with Gasteiger partial charge in [-0.05, 0) is 30.5 Å². The van der Waals surface area contributed by atoms with Crippen molar-refractivity contribution in [2.75, 3.05) is 26.2 Å². The first-order valence-corrected chi connectivity index (χ1v) is 9.62. The van der Waals surface area contributed by atoms with E-state index in [1.54, 1.807) is 0 Å². The van der Waals surface area contributed by atoms with Crippen molar-refractivity contribution in [1.82, 2.24) is 10.6 Å². The lowest BCUT2D eigenvalue weighted by molar-refractivity contribution is 0.0331. The van der Waals surface area contributed by atoms with Crippen molar-refractivity contribution in [2.24, 2.45) is 4.99 Å². The largest absolute Gasteiger partial charge is 0.389 e. The summed E-state index contributed by atoms with van der Waals surface area (Å²) in [5, 5.41) is 17.3. The molecule has 146 valence electrons. The molecular weight excluding hydrogens is 362 g/mol. The molecule has 0 spiro atoms. The number of aliphatic hydroxyl groups excluding tert-OH is 1. The first kappa shape index (κ1) is 21.2. The van der Waals surface area contributed by atoms with Crippen LogP contribution in [0.15, 0.2) is 59.6 Å². The Balaban J connectivity index is 1.72. The summed E-state index contributed by atoms with van der Waals surface area (Å²) in [6.07, 6.45) is 0.153. The highest BCUT2D eigenvalue weighted by molar-refractivity contribution is 6.31. The normalized spacial score (nSPS) is 12.6.